The molecule has 78 valence electrons. The molecule has 0 amide bonds. The van der Waals surface area contributed by atoms with E-state index in [1.165, 1.54) is 0 Å². The zero-order valence-electron chi connectivity index (χ0n) is 7.51. The highest BCUT2D eigenvalue weighted by atomic mass is 32.2. The van der Waals surface area contributed by atoms with Crippen LogP contribution < -0.4 is 5.73 Å². The van der Waals surface area contributed by atoms with Crippen molar-refractivity contribution in [2.45, 2.75) is 12.8 Å². The molecule has 1 aliphatic rings. The lowest BCUT2D eigenvalue weighted by atomic mass is 10.1. The molecule has 1 unspecified atom stereocenters. The molecule has 1 fully saturated rings. The molecule has 2 rings (SSSR count). The van der Waals surface area contributed by atoms with Gasteiger partial charge in [0, 0.05) is 6.42 Å². The van der Waals surface area contributed by atoms with Gasteiger partial charge in [-0.25, -0.2) is 8.42 Å². The summed E-state index contributed by atoms with van der Waals surface area (Å²) in [6, 6.07) is 0.0286. The Balaban J connectivity index is 2.00. The highest BCUT2D eigenvalue weighted by molar-refractivity contribution is 7.91. The third-order valence-corrected chi connectivity index (χ3v) is 4.12. The summed E-state index contributed by atoms with van der Waals surface area (Å²) < 4.78 is 26.9. The second kappa shape index (κ2) is 3.23. The number of hydrogen-bond donors (Lipinski definition) is 1. The summed E-state index contributed by atoms with van der Waals surface area (Å²) in [5.41, 5.74) is 5.25. The van der Waals surface area contributed by atoms with Crippen LogP contribution in [0.3, 0.4) is 0 Å². The molecule has 7 heteroatoms. The van der Waals surface area contributed by atoms with Crippen LogP contribution in [0.4, 0.5) is 6.01 Å². The molecule has 1 aliphatic heterocycles. The van der Waals surface area contributed by atoms with Crippen LogP contribution in [0.5, 0.6) is 0 Å². The van der Waals surface area contributed by atoms with Gasteiger partial charge in [-0.2, -0.15) is 4.98 Å². The maximum absolute atomic E-state index is 11.1. The van der Waals surface area contributed by atoms with Crippen LogP contribution in [-0.4, -0.2) is 30.1 Å². The molecule has 6 nitrogen and oxygen atoms in total. The van der Waals surface area contributed by atoms with Crippen LogP contribution in [0.15, 0.2) is 4.52 Å². The predicted octanol–water partition coefficient (Wildman–Crippen LogP) is -0.371. The smallest absolute Gasteiger partial charge is 0.318 e. The van der Waals surface area contributed by atoms with Crippen molar-refractivity contribution in [3.05, 3.63) is 5.82 Å². The van der Waals surface area contributed by atoms with E-state index >= 15 is 0 Å². The molecule has 2 heterocycles. The van der Waals surface area contributed by atoms with Crippen LogP contribution in [0.25, 0.3) is 0 Å². The van der Waals surface area contributed by atoms with Crippen molar-refractivity contribution >= 4 is 15.9 Å². The van der Waals surface area contributed by atoms with E-state index in [1.807, 2.05) is 0 Å². The third-order valence-electron chi connectivity index (χ3n) is 2.28. The van der Waals surface area contributed by atoms with E-state index in [2.05, 4.69) is 14.7 Å². The molecule has 1 aromatic rings. The molecular formula is C7H11N3O3S. The lowest BCUT2D eigenvalue weighted by molar-refractivity contribution is 0.420. The van der Waals surface area contributed by atoms with Crippen molar-refractivity contribution in [1.82, 2.24) is 10.1 Å². The minimum atomic E-state index is -2.83. The highest BCUT2D eigenvalue weighted by Crippen LogP contribution is 2.21. The summed E-state index contributed by atoms with van der Waals surface area (Å²) in [6.45, 7) is 0. The molecule has 2 N–H and O–H groups in total. The first-order chi connectivity index (χ1) is 6.55. The summed E-state index contributed by atoms with van der Waals surface area (Å²) in [4.78, 5) is 3.83. The van der Waals surface area contributed by atoms with E-state index < -0.39 is 9.84 Å². The number of sulfone groups is 1. The Morgan fingerprint density at radius 1 is 1.57 bits per heavy atom. The summed E-state index contributed by atoms with van der Waals surface area (Å²) in [5, 5.41) is 3.62. The fraction of sp³-hybridized carbons (Fsp3) is 0.714. The molecule has 1 saturated heterocycles. The summed E-state index contributed by atoms with van der Waals surface area (Å²) in [5.74, 6) is 1.09. The molecule has 0 aliphatic carbocycles. The van der Waals surface area contributed by atoms with Gasteiger partial charge in [0.25, 0.3) is 0 Å². The van der Waals surface area contributed by atoms with Gasteiger partial charge in [0.1, 0.15) is 0 Å². The van der Waals surface area contributed by atoms with Gasteiger partial charge in [-0.05, 0) is 12.3 Å². The Hall–Kier alpha value is -1.11. The second-order valence-electron chi connectivity index (χ2n) is 3.52. The zero-order chi connectivity index (χ0) is 10.2. The van der Waals surface area contributed by atoms with E-state index in [1.54, 1.807) is 0 Å². The molecule has 0 bridgehead atoms. The SMILES string of the molecule is Nc1nc(CC2CCS(=O)(=O)C2)no1. The number of hydrogen-bond acceptors (Lipinski definition) is 6. The van der Waals surface area contributed by atoms with Gasteiger partial charge in [0.2, 0.25) is 0 Å². The summed E-state index contributed by atoms with van der Waals surface area (Å²) >= 11 is 0. The Kier molecular flexibility index (Phi) is 2.18. The van der Waals surface area contributed by atoms with Gasteiger partial charge >= 0.3 is 6.01 Å². The topological polar surface area (TPSA) is 99.1 Å². The fourth-order valence-corrected chi connectivity index (χ4v) is 3.50. The minimum Gasteiger partial charge on any atom is -0.351 e. The number of anilines is 1. The number of aromatic nitrogens is 2. The van der Waals surface area contributed by atoms with Crippen molar-refractivity contribution in [2.75, 3.05) is 17.2 Å². The minimum absolute atomic E-state index is 0.0286. The van der Waals surface area contributed by atoms with E-state index in [4.69, 9.17) is 5.73 Å². The van der Waals surface area contributed by atoms with Crippen molar-refractivity contribution < 1.29 is 12.9 Å². The molecule has 0 radical (unpaired) electrons. The third kappa shape index (κ3) is 2.03. The Morgan fingerprint density at radius 2 is 2.36 bits per heavy atom. The van der Waals surface area contributed by atoms with Gasteiger partial charge in [0.05, 0.1) is 11.5 Å². The molecule has 0 aromatic carbocycles. The first-order valence-corrected chi connectivity index (χ1v) is 6.16. The first-order valence-electron chi connectivity index (χ1n) is 4.34. The number of nitrogens with zero attached hydrogens (tertiary/aromatic N) is 2. The van der Waals surface area contributed by atoms with E-state index in [9.17, 15) is 8.42 Å². The zero-order valence-corrected chi connectivity index (χ0v) is 8.33. The van der Waals surface area contributed by atoms with E-state index in [-0.39, 0.29) is 23.4 Å². The predicted molar refractivity (Wildman–Crippen MR) is 49.2 cm³/mol. The average Bonchev–Trinajstić information content (AvgIpc) is 2.59. The highest BCUT2D eigenvalue weighted by Gasteiger charge is 2.28. The monoisotopic (exact) mass is 217 g/mol. The summed E-state index contributed by atoms with van der Waals surface area (Å²) in [6.07, 6.45) is 1.21. The lowest BCUT2D eigenvalue weighted by Gasteiger charge is -2.01. The molecule has 1 aromatic heterocycles. The van der Waals surface area contributed by atoms with Crippen LogP contribution in [0, 0.1) is 5.92 Å². The average molecular weight is 217 g/mol. The second-order valence-corrected chi connectivity index (χ2v) is 5.75. The lowest BCUT2D eigenvalue weighted by Crippen LogP contribution is -2.08. The van der Waals surface area contributed by atoms with Gasteiger partial charge in [-0.1, -0.05) is 5.16 Å². The standard InChI is InChI=1S/C7H11N3O3S/c8-7-9-6(10-13-7)3-5-1-2-14(11,12)4-5/h5H,1-4H2,(H2,8,9,10). The first kappa shape index (κ1) is 9.45. The summed E-state index contributed by atoms with van der Waals surface area (Å²) in [7, 11) is -2.83. The molecule has 14 heavy (non-hydrogen) atoms. The largest absolute Gasteiger partial charge is 0.351 e. The maximum Gasteiger partial charge on any atom is 0.318 e. The van der Waals surface area contributed by atoms with Gasteiger partial charge in [-0.15, -0.1) is 0 Å². The van der Waals surface area contributed by atoms with Crippen molar-refractivity contribution in [3.63, 3.8) is 0 Å². The van der Waals surface area contributed by atoms with Crippen LogP contribution in [-0.2, 0) is 16.3 Å². The van der Waals surface area contributed by atoms with Crippen LogP contribution in [0.2, 0.25) is 0 Å². The van der Waals surface area contributed by atoms with E-state index in [0.717, 1.165) is 0 Å². The maximum atomic E-state index is 11.1. The van der Waals surface area contributed by atoms with Crippen LogP contribution >= 0.6 is 0 Å². The molecule has 0 spiro atoms. The number of nitrogen functional groups attached to an aromatic ring is 1. The van der Waals surface area contributed by atoms with Crippen molar-refractivity contribution in [1.29, 1.82) is 0 Å². The molecular weight excluding hydrogens is 206 g/mol. The molecule has 1 atom stereocenters. The quantitative estimate of drug-likeness (QED) is 0.725. The van der Waals surface area contributed by atoms with Gasteiger partial charge < -0.3 is 10.3 Å². The van der Waals surface area contributed by atoms with Gasteiger partial charge in [-0.3, -0.25) is 0 Å². The van der Waals surface area contributed by atoms with Gasteiger partial charge in [0.15, 0.2) is 15.7 Å². The Morgan fingerprint density at radius 3 is 2.86 bits per heavy atom. The molecule has 0 saturated carbocycles. The van der Waals surface area contributed by atoms with E-state index in [0.29, 0.717) is 18.7 Å². The Bertz CT molecular complexity index is 425. The number of nitrogens with two attached hydrogens (primary N) is 1. The fourth-order valence-electron chi connectivity index (χ4n) is 1.64. The number of rotatable bonds is 2. The normalized spacial score (nSPS) is 25.3. The van der Waals surface area contributed by atoms with Crippen molar-refractivity contribution in [3.8, 4) is 0 Å². The Labute approximate surface area is 81.4 Å². The van der Waals surface area contributed by atoms with Crippen LogP contribution in [0.1, 0.15) is 12.2 Å². The van der Waals surface area contributed by atoms with Crippen molar-refractivity contribution in [2.24, 2.45) is 5.92 Å².